The van der Waals surface area contributed by atoms with E-state index in [1.807, 2.05) is 19.1 Å². The molecular formula is C15H22N4O. The van der Waals surface area contributed by atoms with Crippen LogP contribution < -0.4 is 5.73 Å². The van der Waals surface area contributed by atoms with E-state index in [2.05, 4.69) is 29.0 Å². The molecule has 0 unspecified atom stereocenters. The molecule has 0 amide bonds. The van der Waals surface area contributed by atoms with Gasteiger partial charge in [-0.05, 0) is 43.4 Å². The molecular weight excluding hydrogens is 252 g/mol. The molecule has 2 rings (SSSR count). The van der Waals surface area contributed by atoms with Crippen LogP contribution in [0.4, 0.5) is 0 Å². The van der Waals surface area contributed by atoms with Gasteiger partial charge in [0.2, 0.25) is 11.7 Å². The lowest BCUT2D eigenvalue weighted by Gasteiger charge is -2.14. The van der Waals surface area contributed by atoms with Gasteiger partial charge in [-0.1, -0.05) is 25.1 Å². The van der Waals surface area contributed by atoms with Crippen molar-refractivity contribution >= 4 is 0 Å². The molecule has 0 spiro atoms. The van der Waals surface area contributed by atoms with Crippen molar-refractivity contribution in [1.82, 2.24) is 15.1 Å². The van der Waals surface area contributed by atoms with Crippen LogP contribution in [0.5, 0.6) is 0 Å². The van der Waals surface area contributed by atoms with Gasteiger partial charge in [0, 0.05) is 12.6 Å². The first-order valence-electron chi connectivity index (χ1n) is 7.04. The second-order valence-corrected chi connectivity index (χ2v) is 5.62. The summed E-state index contributed by atoms with van der Waals surface area (Å²) >= 11 is 0. The quantitative estimate of drug-likeness (QED) is 0.876. The van der Waals surface area contributed by atoms with E-state index in [0.717, 1.165) is 24.1 Å². The fraction of sp³-hybridized carbons (Fsp3) is 0.533. The minimum absolute atomic E-state index is 0.383. The lowest BCUT2D eigenvalue weighted by atomic mass is 9.94. The summed E-state index contributed by atoms with van der Waals surface area (Å²) < 4.78 is 5.33. The normalized spacial score (nSPS) is 12.8. The third-order valence-electron chi connectivity index (χ3n) is 3.29. The summed E-state index contributed by atoms with van der Waals surface area (Å²) in [5, 5.41) is 4.02. The summed E-state index contributed by atoms with van der Waals surface area (Å²) in [4.78, 5) is 8.74. The van der Waals surface area contributed by atoms with E-state index in [-0.39, 0.29) is 0 Å². The minimum atomic E-state index is 0.383. The second kappa shape index (κ2) is 6.61. The van der Waals surface area contributed by atoms with Gasteiger partial charge in [-0.15, -0.1) is 0 Å². The topological polar surface area (TPSA) is 77.8 Å². The van der Waals surface area contributed by atoms with Crippen molar-refractivity contribution < 1.29 is 4.52 Å². The predicted molar refractivity (Wildman–Crippen MR) is 78.0 cm³/mol. The van der Waals surface area contributed by atoms with Crippen molar-refractivity contribution in [3.63, 3.8) is 0 Å². The Bertz CT molecular complexity index is 550. The molecule has 0 bridgehead atoms. The molecule has 0 radical (unpaired) electrons. The lowest BCUT2D eigenvalue weighted by molar-refractivity contribution is 0.332. The number of pyridine rings is 1. The van der Waals surface area contributed by atoms with Crippen LogP contribution in [0.2, 0.25) is 0 Å². The fourth-order valence-electron chi connectivity index (χ4n) is 2.33. The maximum atomic E-state index is 5.81. The summed E-state index contributed by atoms with van der Waals surface area (Å²) in [6, 6.07) is 3.88. The van der Waals surface area contributed by atoms with E-state index < -0.39 is 0 Å². The molecule has 2 heterocycles. The van der Waals surface area contributed by atoms with Gasteiger partial charge < -0.3 is 10.3 Å². The zero-order chi connectivity index (χ0) is 14.5. The van der Waals surface area contributed by atoms with Gasteiger partial charge >= 0.3 is 0 Å². The molecule has 0 aliphatic carbocycles. The summed E-state index contributed by atoms with van der Waals surface area (Å²) in [6.07, 6.45) is 3.53. The molecule has 0 aromatic carbocycles. The molecule has 2 aromatic rings. The zero-order valence-corrected chi connectivity index (χ0v) is 12.3. The molecule has 1 atom stereocenters. The number of hydrogen-bond donors (Lipinski definition) is 1. The van der Waals surface area contributed by atoms with Crippen molar-refractivity contribution in [2.24, 2.45) is 17.6 Å². The molecule has 0 aliphatic rings. The first kappa shape index (κ1) is 14.7. The van der Waals surface area contributed by atoms with Gasteiger partial charge in [0.25, 0.3) is 0 Å². The van der Waals surface area contributed by atoms with Gasteiger partial charge in [-0.2, -0.15) is 4.98 Å². The third-order valence-corrected chi connectivity index (χ3v) is 3.29. The van der Waals surface area contributed by atoms with Gasteiger partial charge in [0.05, 0.1) is 0 Å². The fourth-order valence-corrected chi connectivity index (χ4v) is 2.33. The van der Waals surface area contributed by atoms with Crippen molar-refractivity contribution in [2.45, 2.75) is 33.6 Å². The standard InChI is InChI=1S/C15H22N4O/c1-10(2)7-12(9-16)8-13-18-15(19-20-13)14-11(3)5-4-6-17-14/h4-6,10,12H,7-9,16H2,1-3H3/t12-/m0/s1. The third kappa shape index (κ3) is 3.63. The van der Waals surface area contributed by atoms with Gasteiger partial charge in [0.15, 0.2) is 0 Å². The Labute approximate surface area is 119 Å². The van der Waals surface area contributed by atoms with Crippen molar-refractivity contribution in [1.29, 1.82) is 0 Å². The largest absolute Gasteiger partial charge is 0.339 e. The Morgan fingerprint density at radius 1 is 1.35 bits per heavy atom. The van der Waals surface area contributed by atoms with Gasteiger partial charge in [-0.25, -0.2) is 0 Å². The molecule has 0 aliphatic heterocycles. The van der Waals surface area contributed by atoms with Crippen molar-refractivity contribution in [2.75, 3.05) is 6.54 Å². The molecule has 108 valence electrons. The van der Waals surface area contributed by atoms with Crippen LogP contribution in [0, 0.1) is 18.8 Å². The highest BCUT2D eigenvalue weighted by Crippen LogP contribution is 2.20. The van der Waals surface area contributed by atoms with E-state index in [4.69, 9.17) is 10.3 Å². The van der Waals surface area contributed by atoms with E-state index >= 15 is 0 Å². The number of aromatic nitrogens is 3. The Morgan fingerprint density at radius 3 is 2.80 bits per heavy atom. The number of hydrogen-bond acceptors (Lipinski definition) is 5. The van der Waals surface area contributed by atoms with Crippen LogP contribution in [0.3, 0.4) is 0 Å². The summed E-state index contributed by atoms with van der Waals surface area (Å²) in [5.74, 6) is 2.19. The van der Waals surface area contributed by atoms with Crippen LogP contribution in [0.1, 0.15) is 31.7 Å². The highest BCUT2D eigenvalue weighted by Gasteiger charge is 2.16. The summed E-state index contributed by atoms with van der Waals surface area (Å²) in [7, 11) is 0. The van der Waals surface area contributed by atoms with E-state index in [0.29, 0.717) is 30.1 Å². The molecule has 2 N–H and O–H groups in total. The minimum Gasteiger partial charge on any atom is -0.339 e. The van der Waals surface area contributed by atoms with E-state index in [1.165, 1.54) is 0 Å². The monoisotopic (exact) mass is 274 g/mol. The first-order valence-corrected chi connectivity index (χ1v) is 7.04. The molecule has 20 heavy (non-hydrogen) atoms. The maximum Gasteiger partial charge on any atom is 0.227 e. The molecule has 2 aromatic heterocycles. The number of rotatable bonds is 6. The Kier molecular flexibility index (Phi) is 4.84. The number of nitrogens with zero attached hydrogens (tertiary/aromatic N) is 3. The lowest BCUT2D eigenvalue weighted by Crippen LogP contribution is -2.19. The molecule has 5 nitrogen and oxygen atoms in total. The molecule has 0 saturated carbocycles. The van der Waals surface area contributed by atoms with Gasteiger partial charge in [0.1, 0.15) is 5.69 Å². The smallest absolute Gasteiger partial charge is 0.227 e. The van der Waals surface area contributed by atoms with Crippen LogP contribution >= 0.6 is 0 Å². The maximum absolute atomic E-state index is 5.81. The highest BCUT2D eigenvalue weighted by molar-refractivity contribution is 5.53. The van der Waals surface area contributed by atoms with Crippen LogP contribution in [-0.2, 0) is 6.42 Å². The summed E-state index contributed by atoms with van der Waals surface area (Å²) in [5.41, 5.74) is 7.62. The van der Waals surface area contributed by atoms with Gasteiger partial charge in [-0.3, -0.25) is 4.98 Å². The molecule has 5 heteroatoms. The number of aryl methyl sites for hydroxylation is 1. The Hall–Kier alpha value is -1.75. The predicted octanol–water partition coefficient (Wildman–Crippen LogP) is 2.60. The molecule has 0 fully saturated rings. The van der Waals surface area contributed by atoms with Crippen molar-refractivity contribution in [3.05, 3.63) is 29.8 Å². The van der Waals surface area contributed by atoms with Crippen LogP contribution in [0.15, 0.2) is 22.9 Å². The average molecular weight is 274 g/mol. The Balaban J connectivity index is 2.11. The first-order chi connectivity index (χ1) is 9.60. The zero-order valence-electron chi connectivity index (χ0n) is 12.3. The average Bonchev–Trinajstić information content (AvgIpc) is 2.86. The summed E-state index contributed by atoms with van der Waals surface area (Å²) in [6.45, 7) is 7.01. The highest BCUT2D eigenvalue weighted by atomic mass is 16.5. The van der Waals surface area contributed by atoms with E-state index in [9.17, 15) is 0 Å². The van der Waals surface area contributed by atoms with Crippen LogP contribution in [-0.4, -0.2) is 21.7 Å². The van der Waals surface area contributed by atoms with E-state index in [1.54, 1.807) is 6.20 Å². The second-order valence-electron chi connectivity index (χ2n) is 5.62. The number of nitrogens with two attached hydrogens (primary N) is 1. The molecule has 0 saturated heterocycles. The van der Waals surface area contributed by atoms with Crippen LogP contribution in [0.25, 0.3) is 11.5 Å². The van der Waals surface area contributed by atoms with Crippen molar-refractivity contribution in [3.8, 4) is 11.5 Å². The Morgan fingerprint density at radius 2 is 2.15 bits per heavy atom. The SMILES string of the molecule is Cc1cccnc1-c1noc(C[C@@H](CN)CC(C)C)n1.